The molecule has 0 bridgehead atoms. The van der Waals surface area contributed by atoms with Gasteiger partial charge in [0.2, 0.25) is 11.7 Å². The molecule has 2 heterocycles. The van der Waals surface area contributed by atoms with Crippen molar-refractivity contribution in [3.05, 3.63) is 6.33 Å². The smallest absolute Gasteiger partial charge is 0.220 e. The summed E-state index contributed by atoms with van der Waals surface area (Å²) in [5, 5.41) is 3.24. The first-order valence-corrected chi connectivity index (χ1v) is 7.34. The number of piperidine rings is 1. The van der Waals surface area contributed by atoms with Crippen molar-refractivity contribution in [1.29, 1.82) is 0 Å². The number of nitrogens with zero attached hydrogens (tertiary/aromatic N) is 3. The van der Waals surface area contributed by atoms with Crippen LogP contribution in [-0.2, 0) is 4.79 Å². The van der Waals surface area contributed by atoms with Crippen molar-refractivity contribution in [2.24, 2.45) is 11.7 Å². The van der Waals surface area contributed by atoms with Gasteiger partial charge in [-0.3, -0.25) is 4.79 Å². The van der Waals surface area contributed by atoms with Gasteiger partial charge in [0.1, 0.15) is 6.33 Å². The average molecular weight is 293 g/mol. The number of carbonyl (C=O) groups excluding carboxylic acids is 1. The maximum Gasteiger partial charge on any atom is 0.220 e. The van der Waals surface area contributed by atoms with E-state index in [1.165, 1.54) is 6.33 Å². The van der Waals surface area contributed by atoms with Crippen LogP contribution in [0.3, 0.4) is 0 Å². The number of hydrogen-bond acceptors (Lipinski definition) is 6. The number of aromatic nitrogens is 2. The van der Waals surface area contributed by atoms with Crippen LogP contribution in [0.4, 0.5) is 11.6 Å². The Morgan fingerprint density at radius 3 is 2.76 bits per heavy atom. The molecule has 1 amide bonds. The highest BCUT2D eigenvalue weighted by atomic mass is 16.5. The number of amides is 1. The first-order valence-electron chi connectivity index (χ1n) is 7.34. The van der Waals surface area contributed by atoms with Crippen molar-refractivity contribution in [2.45, 2.75) is 26.2 Å². The van der Waals surface area contributed by atoms with Gasteiger partial charge in [-0.05, 0) is 19.3 Å². The summed E-state index contributed by atoms with van der Waals surface area (Å²) in [6, 6.07) is 0. The van der Waals surface area contributed by atoms with Gasteiger partial charge < -0.3 is 20.7 Å². The Morgan fingerprint density at radius 2 is 2.19 bits per heavy atom. The molecule has 0 radical (unpaired) electrons. The van der Waals surface area contributed by atoms with Crippen LogP contribution in [0, 0.1) is 5.92 Å². The quantitative estimate of drug-likeness (QED) is 0.813. The number of nitrogens with two attached hydrogens (primary N) is 1. The molecule has 1 saturated heterocycles. The molecule has 0 aromatic carbocycles. The van der Waals surface area contributed by atoms with Crippen LogP contribution in [0.2, 0.25) is 0 Å². The lowest BCUT2D eigenvalue weighted by Crippen LogP contribution is -2.39. The average Bonchev–Trinajstić information content (AvgIpc) is 2.52. The molecule has 1 fully saturated rings. The van der Waals surface area contributed by atoms with Crippen LogP contribution in [0.1, 0.15) is 26.2 Å². The number of nitrogens with one attached hydrogen (secondary N) is 1. The van der Waals surface area contributed by atoms with Crippen molar-refractivity contribution in [3.63, 3.8) is 0 Å². The molecular weight excluding hydrogens is 270 g/mol. The van der Waals surface area contributed by atoms with Crippen molar-refractivity contribution in [2.75, 3.05) is 37.0 Å². The Balaban J connectivity index is 2.14. The molecule has 0 atom stereocenters. The molecular formula is C14H23N5O2. The largest absolute Gasteiger partial charge is 0.490 e. The van der Waals surface area contributed by atoms with Gasteiger partial charge in [0.05, 0.1) is 7.11 Å². The molecule has 1 aliphatic heterocycles. The topological polar surface area (TPSA) is 93.4 Å². The van der Waals surface area contributed by atoms with Crippen molar-refractivity contribution in [1.82, 2.24) is 9.97 Å². The van der Waals surface area contributed by atoms with Gasteiger partial charge in [-0.25, -0.2) is 9.97 Å². The van der Waals surface area contributed by atoms with E-state index in [1.807, 2.05) is 0 Å². The number of carbonyl (C=O) groups is 1. The lowest BCUT2D eigenvalue weighted by Gasteiger charge is -2.32. The zero-order valence-corrected chi connectivity index (χ0v) is 12.6. The number of rotatable bonds is 6. The second-order valence-electron chi connectivity index (χ2n) is 5.17. The number of primary amides is 1. The summed E-state index contributed by atoms with van der Waals surface area (Å²) in [5.41, 5.74) is 5.37. The van der Waals surface area contributed by atoms with Crippen LogP contribution in [0.25, 0.3) is 0 Å². The van der Waals surface area contributed by atoms with E-state index in [0.717, 1.165) is 44.7 Å². The number of ether oxygens (including phenoxy) is 1. The van der Waals surface area contributed by atoms with E-state index in [1.54, 1.807) is 7.11 Å². The fraction of sp³-hybridized carbons (Fsp3) is 0.643. The number of anilines is 2. The molecule has 1 aliphatic rings. The predicted molar refractivity (Wildman–Crippen MR) is 81.5 cm³/mol. The van der Waals surface area contributed by atoms with Crippen LogP contribution >= 0.6 is 0 Å². The molecule has 0 saturated carbocycles. The summed E-state index contributed by atoms with van der Waals surface area (Å²) in [6.07, 6.45) is 4.04. The second-order valence-corrected chi connectivity index (χ2v) is 5.17. The predicted octanol–water partition coefficient (Wildman–Crippen LogP) is 1.01. The molecule has 7 heteroatoms. The highest BCUT2D eigenvalue weighted by Crippen LogP contribution is 2.34. The lowest BCUT2D eigenvalue weighted by molar-refractivity contribution is -0.122. The van der Waals surface area contributed by atoms with E-state index in [4.69, 9.17) is 10.5 Å². The number of hydrogen-bond donors (Lipinski definition) is 2. The fourth-order valence-electron chi connectivity index (χ4n) is 2.52. The minimum atomic E-state index is -0.213. The molecule has 1 aromatic rings. The van der Waals surface area contributed by atoms with Crippen LogP contribution in [-0.4, -0.2) is 42.6 Å². The molecule has 0 spiro atoms. The monoisotopic (exact) mass is 293 g/mol. The first-order chi connectivity index (χ1) is 10.2. The van der Waals surface area contributed by atoms with Gasteiger partial charge in [0.15, 0.2) is 11.6 Å². The first kappa shape index (κ1) is 15.3. The van der Waals surface area contributed by atoms with Crippen molar-refractivity contribution in [3.8, 4) is 5.75 Å². The zero-order valence-electron chi connectivity index (χ0n) is 12.6. The summed E-state index contributed by atoms with van der Waals surface area (Å²) in [4.78, 5) is 21.9. The van der Waals surface area contributed by atoms with Gasteiger partial charge >= 0.3 is 0 Å². The molecule has 3 N–H and O–H groups in total. The molecule has 0 unspecified atom stereocenters. The van der Waals surface area contributed by atoms with E-state index in [2.05, 4.69) is 27.1 Å². The van der Waals surface area contributed by atoms with Gasteiger partial charge in [0.25, 0.3) is 0 Å². The summed E-state index contributed by atoms with van der Waals surface area (Å²) < 4.78 is 5.48. The summed E-state index contributed by atoms with van der Waals surface area (Å²) in [7, 11) is 1.62. The normalized spacial score (nSPS) is 15.8. The van der Waals surface area contributed by atoms with Crippen molar-refractivity contribution < 1.29 is 9.53 Å². The summed E-state index contributed by atoms with van der Waals surface area (Å²) in [6.45, 7) is 4.41. The van der Waals surface area contributed by atoms with E-state index in [-0.39, 0.29) is 11.8 Å². The summed E-state index contributed by atoms with van der Waals surface area (Å²) in [5.74, 6) is 1.89. The molecule has 7 nitrogen and oxygen atoms in total. The van der Waals surface area contributed by atoms with E-state index in [9.17, 15) is 4.79 Å². The molecule has 116 valence electrons. The van der Waals surface area contributed by atoms with Crippen LogP contribution < -0.4 is 20.7 Å². The van der Waals surface area contributed by atoms with E-state index >= 15 is 0 Å². The zero-order chi connectivity index (χ0) is 15.2. The standard InChI is InChI=1S/C14H23N5O2/c1-3-6-16-13-11(21-2)14(18-9-17-13)19-7-4-10(5-8-19)12(15)20/h9-10H,3-8H2,1-2H3,(H2,15,20)(H,16,17,18). The Labute approximate surface area is 124 Å². The van der Waals surface area contributed by atoms with Crippen LogP contribution in [0.15, 0.2) is 6.33 Å². The van der Waals surface area contributed by atoms with Gasteiger partial charge in [-0.1, -0.05) is 6.92 Å². The highest BCUT2D eigenvalue weighted by molar-refractivity contribution is 5.77. The highest BCUT2D eigenvalue weighted by Gasteiger charge is 2.26. The fourth-order valence-corrected chi connectivity index (χ4v) is 2.52. The minimum absolute atomic E-state index is 0.0354. The Bertz CT molecular complexity index is 486. The molecule has 0 aliphatic carbocycles. The number of methoxy groups -OCH3 is 1. The third-order valence-electron chi connectivity index (χ3n) is 3.73. The lowest BCUT2D eigenvalue weighted by atomic mass is 9.96. The van der Waals surface area contributed by atoms with Crippen LogP contribution in [0.5, 0.6) is 5.75 Å². The van der Waals surface area contributed by atoms with Gasteiger partial charge in [-0.2, -0.15) is 0 Å². The van der Waals surface area contributed by atoms with Crippen molar-refractivity contribution >= 4 is 17.5 Å². The van der Waals surface area contributed by atoms with Gasteiger partial charge in [0, 0.05) is 25.6 Å². The third-order valence-corrected chi connectivity index (χ3v) is 3.73. The molecule has 21 heavy (non-hydrogen) atoms. The minimum Gasteiger partial charge on any atom is -0.490 e. The Hall–Kier alpha value is -2.05. The third kappa shape index (κ3) is 3.53. The Morgan fingerprint density at radius 1 is 1.48 bits per heavy atom. The maximum absolute atomic E-state index is 11.2. The Kier molecular flexibility index (Phi) is 5.19. The SMILES string of the molecule is CCCNc1ncnc(N2CCC(C(N)=O)CC2)c1OC. The van der Waals surface area contributed by atoms with E-state index < -0.39 is 0 Å². The molecule has 1 aromatic heterocycles. The molecule has 2 rings (SSSR count). The van der Waals surface area contributed by atoms with E-state index in [0.29, 0.717) is 11.6 Å². The second kappa shape index (κ2) is 7.10. The summed E-state index contributed by atoms with van der Waals surface area (Å²) >= 11 is 0. The van der Waals surface area contributed by atoms with Gasteiger partial charge in [-0.15, -0.1) is 0 Å². The maximum atomic E-state index is 11.2.